The zero-order valence-corrected chi connectivity index (χ0v) is 8.35. The summed E-state index contributed by atoms with van der Waals surface area (Å²) in [7, 11) is 2.21. The Morgan fingerprint density at radius 3 is 2.79 bits per heavy atom. The van der Waals surface area contributed by atoms with Crippen LogP contribution in [0, 0.1) is 0 Å². The van der Waals surface area contributed by atoms with Crippen LogP contribution in [0.5, 0.6) is 0 Å². The summed E-state index contributed by atoms with van der Waals surface area (Å²) in [5.74, 6) is 1.06. The molecule has 2 aliphatic heterocycles. The molecule has 0 N–H and O–H groups in total. The molecule has 4 nitrogen and oxygen atoms in total. The Labute approximate surface area is 83.6 Å². The lowest BCUT2D eigenvalue weighted by molar-refractivity contribution is -0.0131. The molecule has 1 aromatic heterocycles. The molecule has 0 amide bonds. The van der Waals surface area contributed by atoms with Gasteiger partial charge in [0, 0.05) is 25.8 Å². The zero-order chi connectivity index (χ0) is 9.60. The summed E-state index contributed by atoms with van der Waals surface area (Å²) in [4.78, 5) is 12.9. The van der Waals surface area contributed by atoms with E-state index in [0.717, 1.165) is 18.9 Å². The second kappa shape index (κ2) is 2.67. The van der Waals surface area contributed by atoms with Gasteiger partial charge in [0.05, 0.1) is 5.54 Å². The molecule has 2 fully saturated rings. The molecular weight excluding hydrogens is 176 g/mol. The van der Waals surface area contributed by atoms with E-state index >= 15 is 0 Å². The van der Waals surface area contributed by atoms with Crippen molar-refractivity contribution >= 4 is 5.82 Å². The molecule has 2 saturated heterocycles. The van der Waals surface area contributed by atoms with Gasteiger partial charge in [-0.05, 0) is 19.5 Å². The van der Waals surface area contributed by atoms with Crippen molar-refractivity contribution < 1.29 is 0 Å². The van der Waals surface area contributed by atoms with E-state index in [4.69, 9.17) is 0 Å². The average Bonchev–Trinajstić information content (AvgIpc) is 2.15. The summed E-state index contributed by atoms with van der Waals surface area (Å²) in [6.07, 6.45) is 4.76. The molecule has 1 aromatic rings. The average molecular weight is 190 g/mol. The van der Waals surface area contributed by atoms with Gasteiger partial charge in [-0.2, -0.15) is 0 Å². The Morgan fingerprint density at radius 2 is 2.29 bits per heavy atom. The normalized spacial score (nSPS) is 24.5. The molecule has 0 unspecified atom stereocenters. The van der Waals surface area contributed by atoms with Crippen LogP contribution < -0.4 is 4.90 Å². The fourth-order valence-corrected chi connectivity index (χ4v) is 2.35. The van der Waals surface area contributed by atoms with Crippen molar-refractivity contribution in [3.63, 3.8) is 0 Å². The molecule has 4 heteroatoms. The molecule has 0 aromatic carbocycles. The maximum atomic E-state index is 4.25. The van der Waals surface area contributed by atoms with Gasteiger partial charge in [0.25, 0.3) is 0 Å². The molecule has 14 heavy (non-hydrogen) atoms. The van der Waals surface area contributed by atoms with Gasteiger partial charge < -0.3 is 4.90 Å². The van der Waals surface area contributed by atoms with Crippen LogP contribution in [-0.4, -0.2) is 47.1 Å². The van der Waals surface area contributed by atoms with Crippen molar-refractivity contribution in [2.45, 2.75) is 12.0 Å². The van der Waals surface area contributed by atoms with Crippen molar-refractivity contribution in [3.05, 3.63) is 18.6 Å². The van der Waals surface area contributed by atoms with Gasteiger partial charge >= 0.3 is 0 Å². The number of nitrogens with zero attached hydrogens (tertiary/aromatic N) is 4. The molecule has 0 radical (unpaired) electrons. The van der Waals surface area contributed by atoms with Gasteiger partial charge in [0.1, 0.15) is 12.1 Å². The Balaban J connectivity index is 1.70. The highest BCUT2D eigenvalue weighted by Crippen LogP contribution is 2.39. The van der Waals surface area contributed by atoms with Gasteiger partial charge in [-0.1, -0.05) is 0 Å². The third kappa shape index (κ3) is 0.973. The minimum absolute atomic E-state index is 0.477. The lowest BCUT2D eigenvalue weighted by atomic mass is 9.78. The molecule has 3 heterocycles. The second-order valence-electron chi connectivity index (χ2n) is 4.32. The van der Waals surface area contributed by atoms with Gasteiger partial charge in [-0.15, -0.1) is 0 Å². The molecule has 0 bridgehead atoms. The van der Waals surface area contributed by atoms with Crippen molar-refractivity contribution in [2.24, 2.45) is 0 Å². The molecule has 0 atom stereocenters. The topological polar surface area (TPSA) is 32.3 Å². The highest BCUT2D eigenvalue weighted by molar-refractivity contribution is 5.44. The predicted molar refractivity (Wildman–Crippen MR) is 54.2 cm³/mol. The number of likely N-dealkylation sites (N-methyl/N-ethyl adjacent to an activating group) is 1. The lowest BCUT2D eigenvalue weighted by Crippen LogP contribution is -2.76. The number of hydrogen-bond donors (Lipinski definition) is 0. The van der Waals surface area contributed by atoms with Crippen LogP contribution in [0.25, 0.3) is 0 Å². The van der Waals surface area contributed by atoms with Crippen LogP contribution in [-0.2, 0) is 0 Å². The van der Waals surface area contributed by atoms with Crippen LogP contribution in [0.4, 0.5) is 5.82 Å². The molecule has 2 aliphatic rings. The van der Waals surface area contributed by atoms with Gasteiger partial charge in [-0.25, -0.2) is 9.97 Å². The van der Waals surface area contributed by atoms with Crippen molar-refractivity contribution in [1.82, 2.24) is 14.9 Å². The molecule has 1 spiro atoms. The van der Waals surface area contributed by atoms with E-state index in [1.165, 1.54) is 13.0 Å². The molecule has 74 valence electrons. The van der Waals surface area contributed by atoms with Crippen LogP contribution >= 0.6 is 0 Å². The first kappa shape index (κ1) is 8.17. The highest BCUT2D eigenvalue weighted by atomic mass is 15.4. The molecule has 3 rings (SSSR count). The van der Waals surface area contributed by atoms with E-state index in [2.05, 4.69) is 26.8 Å². The van der Waals surface area contributed by atoms with E-state index < -0.39 is 0 Å². The summed E-state index contributed by atoms with van der Waals surface area (Å²) in [6, 6.07) is 1.98. The Morgan fingerprint density at radius 1 is 1.43 bits per heavy atom. The SMILES string of the molecule is CN1CCC12CN(c1ccncn1)C2. The predicted octanol–water partition coefficient (Wildman–Crippen LogP) is 0.371. The monoisotopic (exact) mass is 190 g/mol. The minimum atomic E-state index is 0.477. The number of hydrogen-bond acceptors (Lipinski definition) is 4. The molecule has 0 saturated carbocycles. The Kier molecular flexibility index (Phi) is 1.56. The fourth-order valence-electron chi connectivity index (χ4n) is 2.35. The van der Waals surface area contributed by atoms with E-state index in [1.807, 2.05) is 6.07 Å². The maximum Gasteiger partial charge on any atom is 0.132 e. The smallest absolute Gasteiger partial charge is 0.132 e. The quantitative estimate of drug-likeness (QED) is 0.640. The van der Waals surface area contributed by atoms with Gasteiger partial charge in [-0.3, -0.25) is 4.90 Å². The largest absolute Gasteiger partial charge is 0.353 e. The molecular formula is C10H14N4. The van der Waals surface area contributed by atoms with Crippen LogP contribution in [0.1, 0.15) is 6.42 Å². The first-order chi connectivity index (χ1) is 6.80. The summed E-state index contributed by atoms with van der Waals surface area (Å²) >= 11 is 0. The van der Waals surface area contributed by atoms with E-state index in [9.17, 15) is 0 Å². The van der Waals surface area contributed by atoms with Crippen molar-refractivity contribution in [1.29, 1.82) is 0 Å². The summed E-state index contributed by atoms with van der Waals surface area (Å²) in [6.45, 7) is 3.50. The number of likely N-dealkylation sites (tertiary alicyclic amines) is 1. The first-order valence-corrected chi connectivity index (χ1v) is 5.02. The Bertz CT molecular complexity index is 331. The lowest BCUT2D eigenvalue weighted by Gasteiger charge is -2.61. The van der Waals surface area contributed by atoms with Crippen molar-refractivity contribution in [3.8, 4) is 0 Å². The van der Waals surface area contributed by atoms with Gasteiger partial charge in [0.15, 0.2) is 0 Å². The maximum absolute atomic E-state index is 4.25. The second-order valence-corrected chi connectivity index (χ2v) is 4.32. The standard InChI is InChI=1S/C10H14N4/c1-13-5-3-10(13)6-14(7-10)9-2-4-11-8-12-9/h2,4,8H,3,5-7H2,1H3. The summed E-state index contributed by atoms with van der Waals surface area (Å²) in [5.41, 5.74) is 0.477. The first-order valence-electron chi connectivity index (χ1n) is 5.02. The van der Waals surface area contributed by atoms with Crippen LogP contribution in [0.2, 0.25) is 0 Å². The van der Waals surface area contributed by atoms with Crippen molar-refractivity contribution in [2.75, 3.05) is 31.6 Å². The fraction of sp³-hybridized carbons (Fsp3) is 0.600. The third-order valence-electron chi connectivity index (χ3n) is 3.58. The van der Waals surface area contributed by atoms with E-state index in [1.54, 1.807) is 12.5 Å². The van der Waals surface area contributed by atoms with Crippen LogP contribution in [0.15, 0.2) is 18.6 Å². The number of aromatic nitrogens is 2. The molecule has 0 aliphatic carbocycles. The highest BCUT2D eigenvalue weighted by Gasteiger charge is 2.51. The van der Waals surface area contributed by atoms with Crippen LogP contribution in [0.3, 0.4) is 0 Å². The van der Waals surface area contributed by atoms with Gasteiger partial charge in [0.2, 0.25) is 0 Å². The van der Waals surface area contributed by atoms with E-state index in [-0.39, 0.29) is 0 Å². The Hall–Kier alpha value is -1.16. The summed E-state index contributed by atoms with van der Waals surface area (Å²) in [5, 5.41) is 0. The minimum Gasteiger partial charge on any atom is -0.353 e. The van der Waals surface area contributed by atoms with E-state index in [0.29, 0.717) is 5.54 Å². The third-order valence-corrected chi connectivity index (χ3v) is 3.58. The number of anilines is 1. The number of rotatable bonds is 1. The zero-order valence-electron chi connectivity index (χ0n) is 8.35. The summed E-state index contributed by atoms with van der Waals surface area (Å²) < 4.78 is 0.